The molecule has 2 saturated heterocycles. The van der Waals surface area contributed by atoms with Crippen molar-refractivity contribution in [3.05, 3.63) is 0 Å². The third-order valence-electron chi connectivity index (χ3n) is 3.05. The molecular formula is C9H20N2. The molecule has 2 fully saturated rings. The minimum Gasteiger partial charge on any atom is -0.316 e. The highest BCUT2D eigenvalue weighted by molar-refractivity contribution is 4.95. The van der Waals surface area contributed by atoms with E-state index in [1.165, 1.54) is 39.0 Å². The Labute approximate surface area is 70.0 Å². The third-order valence-corrected chi connectivity index (χ3v) is 3.05. The number of rotatable bonds is 0. The van der Waals surface area contributed by atoms with Crippen molar-refractivity contribution >= 4 is 0 Å². The maximum Gasteiger partial charge on any atom is 0.00212 e. The predicted octanol–water partition coefficient (Wildman–Crippen LogP) is 0.938. The minimum atomic E-state index is 0. The van der Waals surface area contributed by atoms with Gasteiger partial charge >= 0.3 is 0 Å². The van der Waals surface area contributed by atoms with Gasteiger partial charge in [-0.15, -0.1) is 0 Å². The molecule has 0 saturated carbocycles. The van der Waals surface area contributed by atoms with Gasteiger partial charge in [-0.3, -0.25) is 0 Å². The molecule has 0 aromatic heterocycles. The second-order valence-electron chi connectivity index (χ2n) is 3.91. The standard InChI is InChI=1S/C8H16N2.CH4/c1-10-4-2-8(3-5-10)6-9-7-8;/h9H,2-7H2,1H3;1H4. The second kappa shape index (κ2) is 3.11. The Balaban J connectivity index is 0.000000605. The van der Waals surface area contributed by atoms with E-state index < -0.39 is 0 Å². The van der Waals surface area contributed by atoms with E-state index >= 15 is 0 Å². The Hall–Kier alpha value is -0.0800. The van der Waals surface area contributed by atoms with Crippen molar-refractivity contribution in [3.63, 3.8) is 0 Å². The molecule has 0 bridgehead atoms. The summed E-state index contributed by atoms with van der Waals surface area (Å²) in [4.78, 5) is 2.43. The van der Waals surface area contributed by atoms with Crippen LogP contribution in [0.3, 0.4) is 0 Å². The Kier molecular flexibility index (Phi) is 2.55. The number of hydrogen-bond acceptors (Lipinski definition) is 2. The van der Waals surface area contributed by atoms with Crippen molar-refractivity contribution in [2.45, 2.75) is 20.3 Å². The molecule has 2 heteroatoms. The molecule has 2 aliphatic rings. The number of nitrogens with zero attached hydrogens (tertiary/aromatic N) is 1. The van der Waals surface area contributed by atoms with Crippen LogP contribution < -0.4 is 5.32 Å². The summed E-state index contributed by atoms with van der Waals surface area (Å²) in [5.74, 6) is 0. The average molecular weight is 156 g/mol. The van der Waals surface area contributed by atoms with Gasteiger partial charge in [-0.25, -0.2) is 0 Å². The number of hydrogen-bond donors (Lipinski definition) is 1. The van der Waals surface area contributed by atoms with Crippen molar-refractivity contribution < 1.29 is 0 Å². The zero-order chi connectivity index (χ0) is 7.03. The first-order valence-electron chi connectivity index (χ1n) is 4.20. The van der Waals surface area contributed by atoms with E-state index in [4.69, 9.17) is 0 Å². The fourth-order valence-corrected chi connectivity index (χ4v) is 1.92. The average Bonchev–Trinajstić information content (AvgIpc) is 1.86. The van der Waals surface area contributed by atoms with E-state index in [0.717, 1.165) is 5.41 Å². The van der Waals surface area contributed by atoms with Gasteiger partial charge in [0.15, 0.2) is 0 Å². The van der Waals surface area contributed by atoms with Gasteiger partial charge in [0, 0.05) is 13.1 Å². The summed E-state index contributed by atoms with van der Waals surface area (Å²) in [6.07, 6.45) is 2.83. The quantitative estimate of drug-likeness (QED) is 0.561. The van der Waals surface area contributed by atoms with Crippen molar-refractivity contribution in [3.8, 4) is 0 Å². The smallest absolute Gasteiger partial charge is 0.00212 e. The molecular weight excluding hydrogens is 136 g/mol. The normalized spacial score (nSPS) is 29.2. The largest absolute Gasteiger partial charge is 0.316 e. The van der Waals surface area contributed by atoms with Gasteiger partial charge in [0.25, 0.3) is 0 Å². The van der Waals surface area contributed by atoms with Gasteiger partial charge in [-0.2, -0.15) is 0 Å². The fourth-order valence-electron chi connectivity index (χ4n) is 1.92. The van der Waals surface area contributed by atoms with E-state index in [1.807, 2.05) is 0 Å². The Bertz CT molecular complexity index is 120. The van der Waals surface area contributed by atoms with Crippen LogP contribution in [0.1, 0.15) is 20.3 Å². The molecule has 11 heavy (non-hydrogen) atoms. The van der Waals surface area contributed by atoms with Crippen LogP contribution in [-0.4, -0.2) is 38.1 Å². The Morgan fingerprint density at radius 1 is 1.18 bits per heavy atom. The molecule has 2 rings (SSSR count). The van der Waals surface area contributed by atoms with Crippen LogP contribution >= 0.6 is 0 Å². The summed E-state index contributed by atoms with van der Waals surface area (Å²) < 4.78 is 0. The summed E-state index contributed by atoms with van der Waals surface area (Å²) in [6, 6.07) is 0. The monoisotopic (exact) mass is 156 g/mol. The first-order valence-corrected chi connectivity index (χ1v) is 4.20. The summed E-state index contributed by atoms with van der Waals surface area (Å²) in [7, 11) is 2.22. The Morgan fingerprint density at radius 2 is 1.73 bits per heavy atom. The van der Waals surface area contributed by atoms with Crippen LogP contribution in [0.5, 0.6) is 0 Å². The summed E-state index contributed by atoms with van der Waals surface area (Å²) in [6.45, 7) is 5.17. The summed E-state index contributed by atoms with van der Waals surface area (Å²) in [5.41, 5.74) is 0.729. The van der Waals surface area contributed by atoms with E-state index in [0.29, 0.717) is 0 Å². The summed E-state index contributed by atoms with van der Waals surface area (Å²) in [5, 5.41) is 3.37. The van der Waals surface area contributed by atoms with Crippen molar-refractivity contribution in [1.29, 1.82) is 0 Å². The first kappa shape index (κ1) is 9.01. The van der Waals surface area contributed by atoms with Crippen LogP contribution in [-0.2, 0) is 0 Å². The molecule has 1 N–H and O–H groups in total. The van der Waals surface area contributed by atoms with Crippen LogP contribution in [0.15, 0.2) is 0 Å². The zero-order valence-corrected chi connectivity index (χ0v) is 6.69. The highest BCUT2D eigenvalue weighted by Crippen LogP contribution is 2.34. The van der Waals surface area contributed by atoms with Gasteiger partial charge in [0.1, 0.15) is 0 Å². The molecule has 2 nitrogen and oxygen atoms in total. The van der Waals surface area contributed by atoms with Gasteiger partial charge in [0.05, 0.1) is 0 Å². The molecule has 66 valence electrons. The Morgan fingerprint density at radius 3 is 2.09 bits per heavy atom. The molecule has 2 aliphatic heterocycles. The van der Waals surface area contributed by atoms with E-state index in [-0.39, 0.29) is 7.43 Å². The van der Waals surface area contributed by atoms with Crippen LogP contribution in [0.2, 0.25) is 0 Å². The SMILES string of the molecule is C.CN1CCC2(CC1)CNC2. The maximum absolute atomic E-state index is 3.37. The van der Waals surface area contributed by atoms with E-state index in [2.05, 4.69) is 17.3 Å². The maximum atomic E-state index is 3.37. The molecule has 0 aliphatic carbocycles. The lowest BCUT2D eigenvalue weighted by Gasteiger charge is -2.47. The number of likely N-dealkylation sites (tertiary alicyclic amines) is 1. The molecule has 0 radical (unpaired) electrons. The second-order valence-corrected chi connectivity index (χ2v) is 3.91. The van der Waals surface area contributed by atoms with Crippen LogP contribution in [0.25, 0.3) is 0 Å². The molecule has 0 aromatic rings. The van der Waals surface area contributed by atoms with E-state index in [9.17, 15) is 0 Å². The highest BCUT2D eigenvalue weighted by Gasteiger charge is 2.38. The molecule has 0 unspecified atom stereocenters. The molecule has 0 atom stereocenters. The fraction of sp³-hybridized carbons (Fsp3) is 1.00. The number of nitrogens with one attached hydrogen (secondary N) is 1. The predicted molar refractivity (Wildman–Crippen MR) is 48.8 cm³/mol. The van der Waals surface area contributed by atoms with Crippen molar-refractivity contribution in [2.24, 2.45) is 5.41 Å². The molecule has 1 spiro atoms. The lowest BCUT2D eigenvalue weighted by atomic mass is 9.74. The van der Waals surface area contributed by atoms with Gasteiger partial charge < -0.3 is 10.2 Å². The van der Waals surface area contributed by atoms with Gasteiger partial charge in [0.2, 0.25) is 0 Å². The molecule has 2 heterocycles. The summed E-state index contributed by atoms with van der Waals surface area (Å²) >= 11 is 0. The lowest BCUT2D eigenvalue weighted by Crippen LogP contribution is -2.57. The highest BCUT2D eigenvalue weighted by atomic mass is 15.1. The molecule has 0 aromatic carbocycles. The van der Waals surface area contributed by atoms with Crippen LogP contribution in [0, 0.1) is 5.41 Å². The van der Waals surface area contributed by atoms with Gasteiger partial charge in [-0.1, -0.05) is 7.43 Å². The number of piperidine rings is 1. The third kappa shape index (κ3) is 1.57. The van der Waals surface area contributed by atoms with E-state index in [1.54, 1.807) is 0 Å². The lowest BCUT2D eigenvalue weighted by molar-refractivity contribution is 0.0671. The molecule has 0 amide bonds. The van der Waals surface area contributed by atoms with Crippen molar-refractivity contribution in [2.75, 3.05) is 33.2 Å². The topological polar surface area (TPSA) is 15.3 Å². The van der Waals surface area contributed by atoms with Gasteiger partial charge in [-0.05, 0) is 38.4 Å². The van der Waals surface area contributed by atoms with Crippen LogP contribution in [0.4, 0.5) is 0 Å². The van der Waals surface area contributed by atoms with Crippen molar-refractivity contribution in [1.82, 2.24) is 10.2 Å². The zero-order valence-electron chi connectivity index (χ0n) is 6.69. The first-order chi connectivity index (χ1) is 4.81. The minimum absolute atomic E-state index is 0.